The first kappa shape index (κ1) is 20.8. The predicted octanol–water partition coefficient (Wildman–Crippen LogP) is 2.67. The van der Waals surface area contributed by atoms with Crippen molar-refractivity contribution >= 4 is 23.3 Å². The second-order valence-electron chi connectivity index (χ2n) is 6.41. The Bertz CT molecular complexity index is 926. The number of allylic oxidation sites excluding steroid dienone is 1. The molecule has 0 aliphatic carbocycles. The Balaban J connectivity index is 2.74. The molecule has 0 aromatic heterocycles. The summed E-state index contributed by atoms with van der Waals surface area (Å²) in [5.41, 5.74) is 0.0290. The van der Waals surface area contributed by atoms with Gasteiger partial charge in [-0.15, -0.1) is 0 Å². The van der Waals surface area contributed by atoms with E-state index in [1.165, 1.54) is 18.2 Å². The van der Waals surface area contributed by atoms with Crippen molar-refractivity contribution in [2.24, 2.45) is 10.9 Å². The number of hydrogen-bond acceptors (Lipinski definition) is 8. The lowest BCUT2D eigenvalue weighted by molar-refractivity contribution is -0.384. The number of hydrogen-bond donors (Lipinski definition) is 0. The summed E-state index contributed by atoms with van der Waals surface area (Å²) in [5.74, 6) is -3.53. The molecule has 0 amide bonds. The molecule has 0 fully saturated rings. The first-order valence-corrected chi connectivity index (χ1v) is 8.43. The van der Waals surface area contributed by atoms with Gasteiger partial charge in [0, 0.05) is 23.8 Å². The van der Waals surface area contributed by atoms with Gasteiger partial charge < -0.3 is 9.47 Å². The van der Waals surface area contributed by atoms with E-state index in [4.69, 9.17) is 9.47 Å². The number of nitro benzene ring substituents is 1. The highest BCUT2D eigenvalue weighted by atomic mass is 16.6. The maximum absolute atomic E-state index is 12.8. The van der Waals surface area contributed by atoms with Crippen LogP contribution >= 0.6 is 0 Å². The van der Waals surface area contributed by atoms with Crippen molar-refractivity contribution in [1.29, 1.82) is 5.26 Å². The monoisotopic (exact) mass is 385 g/mol. The summed E-state index contributed by atoms with van der Waals surface area (Å²) in [6, 6.07) is 7.39. The minimum absolute atomic E-state index is 0.137. The lowest BCUT2D eigenvalue weighted by atomic mass is 9.75. The van der Waals surface area contributed by atoms with Crippen molar-refractivity contribution in [3.8, 4) is 6.07 Å². The van der Waals surface area contributed by atoms with Gasteiger partial charge in [-0.25, -0.2) is 9.79 Å². The normalized spacial score (nSPS) is 18.9. The number of esters is 2. The van der Waals surface area contributed by atoms with Crippen LogP contribution in [0.2, 0.25) is 0 Å². The average molecular weight is 385 g/mol. The van der Waals surface area contributed by atoms with Gasteiger partial charge in [0.15, 0.2) is 5.70 Å². The molecule has 9 heteroatoms. The standard InChI is InChI=1S/C19H19N3O6/c1-10(2)28-19(24)15-11(3)21-14(9-20)17(18(23)27-4)16(15)12-6-5-7-13(8-12)22(25)26/h5-8,10,15-16H,1-4H3/t15?,16-/m1/s1. The highest BCUT2D eigenvalue weighted by Crippen LogP contribution is 2.41. The Hall–Kier alpha value is -3.54. The van der Waals surface area contributed by atoms with Gasteiger partial charge >= 0.3 is 11.9 Å². The molecule has 146 valence electrons. The number of rotatable bonds is 5. The molecule has 0 bridgehead atoms. The van der Waals surface area contributed by atoms with Crippen molar-refractivity contribution < 1.29 is 24.0 Å². The summed E-state index contributed by atoms with van der Waals surface area (Å²) < 4.78 is 10.1. The molecule has 1 aliphatic rings. The maximum Gasteiger partial charge on any atom is 0.337 e. The zero-order valence-corrected chi connectivity index (χ0v) is 15.8. The number of carbonyl (C=O) groups is 2. The van der Waals surface area contributed by atoms with Gasteiger partial charge in [-0.3, -0.25) is 14.9 Å². The SMILES string of the molecule is COC(=O)C1=C(C#N)N=C(C)C(C(=O)OC(C)C)[C@H]1c1cccc([N+](=O)[O-])c1. The van der Waals surface area contributed by atoms with Crippen LogP contribution in [0.1, 0.15) is 32.3 Å². The van der Waals surface area contributed by atoms with Crippen LogP contribution in [-0.2, 0) is 19.1 Å². The number of carbonyl (C=O) groups excluding carboxylic acids is 2. The third-order valence-corrected chi connectivity index (χ3v) is 4.19. The lowest BCUT2D eigenvalue weighted by Gasteiger charge is -2.31. The molecule has 1 aromatic carbocycles. The van der Waals surface area contributed by atoms with Crippen molar-refractivity contribution in [1.82, 2.24) is 0 Å². The zero-order valence-electron chi connectivity index (χ0n) is 15.8. The fourth-order valence-electron chi connectivity index (χ4n) is 3.08. The van der Waals surface area contributed by atoms with E-state index in [1.807, 2.05) is 6.07 Å². The molecule has 0 saturated heterocycles. The maximum atomic E-state index is 12.8. The Morgan fingerprint density at radius 3 is 2.57 bits per heavy atom. The summed E-state index contributed by atoms with van der Waals surface area (Å²) >= 11 is 0. The third kappa shape index (κ3) is 4.06. The zero-order chi connectivity index (χ0) is 21.0. The van der Waals surface area contributed by atoms with E-state index in [1.54, 1.807) is 26.8 Å². The highest BCUT2D eigenvalue weighted by molar-refractivity contribution is 6.07. The van der Waals surface area contributed by atoms with Crippen LogP contribution < -0.4 is 0 Å². The minimum atomic E-state index is -1.03. The molecule has 1 unspecified atom stereocenters. The average Bonchev–Trinajstić information content (AvgIpc) is 2.65. The van der Waals surface area contributed by atoms with Crippen LogP contribution in [0.5, 0.6) is 0 Å². The first-order valence-electron chi connectivity index (χ1n) is 8.43. The van der Waals surface area contributed by atoms with Gasteiger partial charge in [0.2, 0.25) is 0 Å². The second-order valence-corrected chi connectivity index (χ2v) is 6.41. The van der Waals surface area contributed by atoms with Crippen molar-refractivity contribution in [2.45, 2.75) is 32.8 Å². The molecule has 28 heavy (non-hydrogen) atoms. The van der Waals surface area contributed by atoms with E-state index in [0.29, 0.717) is 5.56 Å². The van der Waals surface area contributed by atoms with Gasteiger partial charge in [0.05, 0.1) is 23.7 Å². The van der Waals surface area contributed by atoms with E-state index in [-0.39, 0.29) is 22.7 Å². The Labute approximate surface area is 161 Å². The van der Waals surface area contributed by atoms with Crippen LogP contribution in [0.25, 0.3) is 0 Å². The molecule has 0 N–H and O–H groups in total. The lowest BCUT2D eigenvalue weighted by Crippen LogP contribution is -2.37. The molecular formula is C19H19N3O6. The van der Waals surface area contributed by atoms with E-state index in [9.17, 15) is 25.0 Å². The van der Waals surface area contributed by atoms with Gasteiger partial charge in [-0.2, -0.15) is 5.26 Å². The number of non-ortho nitro benzene ring substituents is 1. The smallest absolute Gasteiger partial charge is 0.337 e. The molecular weight excluding hydrogens is 366 g/mol. The topological polar surface area (TPSA) is 132 Å². The summed E-state index contributed by atoms with van der Waals surface area (Å²) in [6.07, 6.45) is -0.422. The van der Waals surface area contributed by atoms with Gasteiger partial charge in [0.1, 0.15) is 12.0 Å². The van der Waals surface area contributed by atoms with Crippen LogP contribution in [-0.4, -0.2) is 35.8 Å². The fourth-order valence-corrected chi connectivity index (χ4v) is 3.08. The molecule has 2 rings (SSSR count). The van der Waals surface area contributed by atoms with Crippen LogP contribution in [0, 0.1) is 27.4 Å². The first-order chi connectivity index (χ1) is 13.2. The molecule has 9 nitrogen and oxygen atoms in total. The van der Waals surface area contributed by atoms with Crippen molar-refractivity contribution in [3.63, 3.8) is 0 Å². The number of nitrogens with zero attached hydrogens (tertiary/aromatic N) is 3. The Kier molecular flexibility index (Phi) is 6.26. The molecule has 0 saturated carbocycles. The second kappa shape index (κ2) is 8.43. The number of methoxy groups -OCH3 is 1. The number of nitriles is 1. The van der Waals surface area contributed by atoms with Crippen LogP contribution in [0.15, 0.2) is 40.5 Å². The van der Waals surface area contributed by atoms with E-state index in [2.05, 4.69) is 4.99 Å². The Morgan fingerprint density at radius 2 is 2.04 bits per heavy atom. The quantitative estimate of drug-likeness (QED) is 0.432. The van der Waals surface area contributed by atoms with Gasteiger partial charge in [-0.1, -0.05) is 12.1 Å². The predicted molar refractivity (Wildman–Crippen MR) is 98.3 cm³/mol. The van der Waals surface area contributed by atoms with Crippen molar-refractivity contribution in [3.05, 3.63) is 51.2 Å². The summed E-state index contributed by atoms with van der Waals surface area (Å²) in [5, 5.41) is 20.6. The number of nitro groups is 1. The Morgan fingerprint density at radius 1 is 1.36 bits per heavy atom. The van der Waals surface area contributed by atoms with Gasteiger partial charge in [-0.05, 0) is 26.3 Å². The van der Waals surface area contributed by atoms with E-state index in [0.717, 1.165) is 7.11 Å². The summed E-state index contributed by atoms with van der Waals surface area (Å²) in [6.45, 7) is 4.89. The van der Waals surface area contributed by atoms with Crippen molar-refractivity contribution in [2.75, 3.05) is 7.11 Å². The molecule has 1 heterocycles. The van der Waals surface area contributed by atoms with E-state index >= 15 is 0 Å². The molecule has 0 spiro atoms. The van der Waals surface area contributed by atoms with Crippen LogP contribution in [0.4, 0.5) is 5.69 Å². The molecule has 1 aromatic rings. The molecule has 0 radical (unpaired) electrons. The largest absolute Gasteiger partial charge is 0.466 e. The molecule has 1 aliphatic heterocycles. The fraction of sp³-hybridized carbons (Fsp3) is 0.368. The summed E-state index contributed by atoms with van der Waals surface area (Å²) in [7, 11) is 1.14. The third-order valence-electron chi connectivity index (χ3n) is 4.19. The van der Waals surface area contributed by atoms with Gasteiger partial charge in [0.25, 0.3) is 5.69 Å². The van der Waals surface area contributed by atoms with Crippen LogP contribution in [0.3, 0.4) is 0 Å². The summed E-state index contributed by atoms with van der Waals surface area (Å²) in [4.78, 5) is 39.9. The highest BCUT2D eigenvalue weighted by Gasteiger charge is 2.43. The number of benzene rings is 1. The number of ether oxygens (including phenoxy) is 2. The number of aliphatic imine (C=N–C) groups is 1. The minimum Gasteiger partial charge on any atom is -0.466 e. The van der Waals surface area contributed by atoms with E-state index < -0.39 is 34.8 Å². The molecule has 2 atom stereocenters.